The summed E-state index contributed by atoms with van der Waals surface area (Å²) in [5.74, 6) is 0.485. The van der Waals surface area contributed by atoms with Crippen LogP contribution in [0.2, 0.25) is 0 Å². The topological polar surface area (TPSA) is 76.8 Å². The lowest BCUT2D eigenvalue weighted by Gasteiger charge is -2.25. The molecule has 0 radical (unpaired) electrons. The molecule has 7 nitrogen and oxygen atoms in total. The molecule has 0 unspecified atom stereocenters. The molecule has 0 saturated carbocycles. The fourth-order valence-electron chi connectivity index (χ4n) is 2.85. The van der Waals surface area contributed by atoms with Crippen molar-refractivity contribution in [1.82, 2.24) is 9.88 Å². The normalized spacial score (nSPS) is 14.7. The lowest BCUT2D eigenvalue weighted by atomic mass is 10.3. The summed E-state index contributed by atoms with van der Waals surface area (Å²) < 4.78 is 29.3. The SMILES string of the molecule is O=C(Nc1nc(CN2CCOCC2)cs1)c1ccc(COc2ccc(F)cc2)o1. The average Bonchev–Trinajstić information content (AvgIpc) is 3.38. The Bertz CT molecular complexity index is 951. The van der Waals surface area contributed by atoms with Gasteiger partial charge in [-0.15, -0.1) is 11.3 Å². The highest BCUT2D eigenvalue weighted by atomic mass is 32.1. The fraction of sp³-hybridized carbons (Fsp3) is 0.300. The molecule has 3 heterocycles. The van der Waals surface area contributed by atoms with Crippen molar-refractivity contribution in [1.29, 1.82) is 0 Å². The predicted molar refractivity (Wildman–Crippen MR) is 106 cm³/mol. The average molecular weight is 417 g/mol. The van der Waals surface area contributed by atoms with Gasteiger partial charge in [0.15, 0.2) is 10.9 Å². The zero-order chi connectivity index (χ0) is 20.1. The lowest BCUT2D eigenvalue weighted by Crippen LogP contribution is -2.35. The number of hydrogen-bond donors (Lipinski definition) is 1. The van der Waals surface area contributed by atoms with Gasteiger partial charge in [0.05, 0.1) is 18.9 Å². The minimum absolute atomic E-state index is 0.139. The number of thiazole rings is 1. The van der Waals surface area contributed by atoms with Crippen molar-refractivity contribution in [2.45, 2.75) is 13.2 Å². The van der Waals surface area contributed by atoms with E-state index in [0.717, 1.165) is 38.5 Å². The summed E-state index contributed by atoms with van der Waals surface area (Å²) in [7, 11) is 0. The summed E-state index contributed by atoms with van der Waals surface area (Å²) in [6.45, 7) is 4.11. The second-order valence-electron chi connectivity index (χ2n) is 6.50. The number of rotatable bonds is 7. The van der Waals surface area contributed by atoms with E-state index < -0.39 is 0 Å². The van der Waals surface area contributed by atoms with Crippen molar-refractivity contribution in [3.05, 3.63) is 64.8 Å². The minimum atomic E-state index is -0.370. The van der Waals surface area contributed by atoms with E-state index in [0.29, 0.717) is 16.6 Å². The summed E-state index contributed by atoms with van der Waals surface area (Å²) in [5, 5.41) is 5.22. The molecule has 0 spiro atoms. The first-order valence-corrected chi connectivity index (χ1v) is 10.1. The van der Waals surface area contributed by atoms with Gasteiger partial charge in [-0.3, -0.25) is 15.0 Å². The maximum atomic E-state index is 12.9. The Morgan fingerprint density at radius 1 is 1.21 bits per heavy atom. The number of furan rings is 1. The Kier molecular flexibility index (Phi) is 6.18. The number of morpholine rings is 1. The van der Waals surface area contributed by atoms with Crippen molar-refractivity contribution < 1.29 is 23.1 Å². The van der Waals surface area contributed by atoms with E-state index in [-0.39, 0.29) is 24.1 Å². The zero-order valence-corrected chi connectivity index (χ0v) is 16.4. The van der Waals surface area contributed by atoms with Crippen molar-refractivity contribution in [2.24, 2.45) is 0 Å². The van der Waals surface area contributed by atoms with E-state index in [1.54, 1.807) is 12.1 Å². The number of benzene rings is 1. The van der Waals surface area contributed by atoms with Crippen LogP contribution in [-0.4, -0.2) is 42.1 Å². The molecule has 1 N–H and O–H groups in total. The van der Waals surface area contributed by atoms with Crippen LogP contribution in [0.5, 0.6) is 5.75 Å². The van der Waals surface area contributed by atoms with Gasteiger partial charge in [-0.1, -0.05) is 0 Å². The van der Waals surface area contributed by atoms with Gasteiger partial charge in [0.25, 0.3) is 5.91 Å². The van der Waals surface area contributed by atoms with E-state index in [1.165, 1.54) is 35.6 Å². The van der Waals surface area contributed by atoms with E-state index in [4.69, 9.17) is 13.9 Å². The third-order valence-corrected chi connectivity index (χ3v) is 5.15. The molecular formula is C20H20FN3O4S. The van der Waals surface area contributed by atoms with Gasteiger partial charge in [0.1, 0.15) is 23.9 Å². The molecule has 9 heteroatoms. The lowest BCUT2D eigenvalue weighted by molar-refractivity contribution is 0.0337. The van der Waals surface area contributed by atoms with Crippen LogP contribution in [-0.2, 0) is 17.9 Å². The Hall–Kier alpha value is -2.75. The molecule has 1 aliphatic heterocycles. The van der Waals surface area contributed by atoms with E-state index in [2.05, 4.69) is 15.2 Å². The second-order valence-corrected chi connectivity index (χ2v) is 7.35. The standard InChI is InChI=1S/C20H20FN3O4S/c21-14-1-3-16(4-2-14)27-12-17-5-6-18(28-17)19(25)23-20-22-15(13-29-20)11-24-7-9-26-10-8-24/h1-6,13H,7-12H2,(H,22,23,25). The molecule has 0 atom stereocenters. The van der Waals surface area contributed by atoms with Crippen LogP contribution < -0.4 is 10.1 Å². The minimum Gasteiger partial charge on any atom is -0.486 e. The van der Waals surface area contributed by atoms with Gasteiger partial charge >= 0.3 is 0 Å². The summed E-state index contributed by atoms with van der Waals surface area (Å²) in [6.07, 6.45) is 0. The van der Waals surface area contributed by atoms with E-state index in [1.807, 2.05) is 5.38 Å². The molecule has 1 saturated heterocycles. The Balaban J connectivity index is 1.29. The number of anilines is 1. The van der Waals surface area contributed by atoms with Crippen LogP contribution in [0.25, 0.3) is 0 Å². The van der Waals surface area contributed by atoms with Gasteiger partial charge in [0, 0.05) is 25.0 Å². The summed E-state index contributed by atoms with van der Waals surface area (Å²) in [6, 6.07) is 8.95. The monoisotopic (exact) mass is 417 g/mol. The highest BCUT2D eigenvalue weighted by molar-refractivity contribution is 7.13. The van der Waals surface area contributed by atoms with E-state index >= 15 is 0 Å². The van der Waals surface area contributed by atoms with Crippen LogP contribution >= 0.6 is 11.3 Å². The third-order valence-electron chi connectivity index (χ3n) is 4.34. The van der Waals surface area contributed by atoms with Gasteiger partial charge in [-0.05, 0) is 36.4 Å². The number of nitrogens with zero attached hydrogens (tertiary/aromatic N) is 2. The van der Waals surface area contributed by atoms with Crippen LogP contribution in [0.3, 0.4) is 0 Å². The maximum absolute atomic E-state index is 12.9. The number of carbonyl (C=O) groups is 1. The molecule has 1 amide bonds. The zero-order valence-electron chi connectivity index (χ0n) is 15.6. The van der Waals surface area contributed by atoms with Crippen LogP contribution in [0, 0.1) is 5.82 Å². The van der Waals surface area contributed by atoms with Gasteiger partial charge < -0.3 is 13.9 Å². The van der Waals surface area contributed by atoms with Crippen molar-refractivity contribution in [2.75, 3.05) is 31.6 Å². The molecule has 4 rings (SSSR count). The molecule has 29 heavy (non-hydrogen) atoms. The van der Waals surface area contributed by atoms with Crippen LogP contribution in [0.4, 0.5) is 9.52 Å². The number of aromatic nitrogens is 1. The first-order chi connectivity index (χ1) is 14.2. The number of nitrogens with one attached hydrogen (secondary N) is 1. The number of amides is 1. The Labute approximate surface area is 171 Å². The van der Waals surface area contributed by atoms with E-state index in [9.17, 15) is 9.18 Å². The number of carbonyl (C=O) groups excluding carboxylic acids is 1. The molecular weight excluding hydrogens is 397 g/mol. The first-order valence-electron chi connectivity index (χ1n) is 9.19. The largest absolute Gasteiger partial charge is 0.486 e. The van der Waals surface area contributed by atoms with Crippen molar-refractivity contribution in [3.63, 3.8) is 0 Å². The second kappa shape index (κ2) is 9.17. The highest BCUT2D eigenvalue weighted by Gasteiger charge is 2.16. The molecule has 0 bridgehead atoms. The first kappa shape index (κ1) is 19.6. The number of hydrogen-bond acceptors (Lipinski definition) is 7. The fourth-order valence-corrected chi connectivity index (χ4v) is 3.54. The van der Waals surface area contributed by atoms with Crippen LogP contribution in [0.1, 0.15) is 22.0 Å². The summed E-state index contributed by atoms with van der Waals surface area (Å²) >= 11 is 1.38. The molecule has 1 aliphatic rings. The summed E-state index contributed by atoms with van der Waals surface area (Å²) in [4.78, 5) is 19.1. The maximum Gasteiger partial charge on any atom is 0.293 e. The molecule has 2 aromatic heterocycles. The molecule has 0 aliphatic carbocycles. The highest BCUT2D eigenvalue weighted by Crippen LogP contribution is 2.20. The molecule has 3 aromatic rings. The quantitative estimate of drug-likeness (QED) is 0.634. The van der Waals surface area contributed by atoms with Crippen LogP contribution in [0.15, 0.2) is 46.2 Å². The Morgan fingerprint density at radius 2 is 2.00 bits per heavy atom. The third kappa shape index (κ3) is 5.41. The van der Waals surface area contributed by atoms with Gasteiger partial charge in [0.2, 0.25) is 0 Å². The van der Waals surface area contributed by atoms with Crippen molar-refractivity contribution >= 4 is 22.4 Å². The smallest absolute Gasteiger partial charge is 0.293 e. The summed E-state index contributed by atoms with van der Waals surface area (Å²) in [5.41, 5.74) is 0.917. The molecule has 152 valence electrons. The van der Waals surface area contributed by atoms with Gasteiger partial charge in [-0.25, -0.2) is 9.37 Å². The molecule has 1 aromatic carbocycles. The van der Waals surface area contributed by atoms with Gasteiger partial charge in [-0.2, -0.15) is 0 Å². The predicted octanol–water partition coefficient (Wildman–Crippen LogP) is 3.54. The Morgan fingerprint density at radius 3 is 2.79 bits per heavy atom. The molecule has 1 fully saturated rings. The number of ether oxygens (including phenoxy) is 2. The van der Waals surface area contributed by atoms with Crippen molar-refractivity contribution in [3.8, 4) is 5.75 Å². The number of halogens is 1.